The summed E-state index contributed by atoms with van der Waals surface area (Å²) in [5.41, 5.74) is 0.657. The number of rotatable bonds is 6. The summed E-state index contributed by atoms with van der Waals surface area (Å²) in [4.78, 5) is 11.5. The van der Waals surface area contributed by atoms with Crippen LogP contribution < -0.4 is 5.32 Å². The molecule has 2 unspecified atom stereocenters. The Morgan fingerprint density at radius 1 is 1.39 bits per heavy atom. The van der Waals surface area contributed by atoms with Gasteiger partial charge in [0.15, 0.2) is 0 Å². The van der Waals surface area contributed by atoms with Gasteiger partial charge in [-0.2, -0.15) is 0 Å². The molecule has 0 heterocycles. The van der Waals surface area contributed by atoms with Gasteiger partial charge in [0, 0.05) is 18.2 Å². The largest absolute Gasteiger partial charge is 0.396 e. The third-order valence-electron chi connectivity index (χ3n) is 2.59. The minimum Gasteiger partial charge on any atom is -0.396 e. The van der Waals surface area contributed by atoms with E-state index in [-0.39, 0.29) is 24.9 Å². The van der Waals surface area contributed by atoms with Crippen molar-refractivity contribution >= 4 is 17.5 Å². The average Bonchev–Trinajstić information content (AvgIpc) is 2.36. The standard InChI is InChI=1S/C13H18ClNO3/c1-9(8-16)7-15-13(18)6-12(17)10-2-4-11(14)5-3-10/h2-5,9,12,16-17H,6-8H2,1H3,(H,15,18). The molecule has 100 valence electrons. The molecule has 0 radical (unpaired) electrons. The minimum absolute atomic E-state index is 0.000217. The van der Waals surface area contributed by atoms with Crippen LogP contribution in [0.25, 0.3) is 0 Å². The number of nitrogens with one attached hydrogen (secondary N) is 1. The van der Waals surface area contributed by atoms with Crippen LogP contribution in [0.5, 0.6) is 0 Å². The molecule has 3 N–H and O–H groups in total. The fourth-order valence-electron chi connectivity index (χ4n) is 1.40. The average molecular weight is 272 g/mol. The maximum atomic E-state index is 11.5. The Balaban J connectivity index is 2.42. The van der Waals surface area contributed by atoms with Gasteiger partial charge >= 0.3 is 0 Å². The molecule has 1 rings (SSSR count). The molecule has 0 fully saturated rings. The summed E-state index contributed by atoms with van der Waals surface area (Å²) in [6, 6.07) is 6.73. The summed E-state index contributed by atoms with van der Waals surface area (Å²) in [5, 5.41) is 21.9. The van der Waals surface area contributed by atoms with Crippen LogP contribution in [0.2, 0.25) is 5.02 Å². The molecule has 18 heavy (non-hydrogen) atoms. The van der Waals surface area contributed by atoms with Gasteiger partial charge in [-0.25, -0.2) is 0 Å². The fraction of sp³-hybridized carbons (Fsp3) is 0.462. The van der Waals surface area contributed by atoms with Crippen molar-refractivity contribution in [3.8, 4) is 0 Å². The SMILES string of the molecule is CC(CO)CNC(=O)CC(O)c1ccc(Cl)cc1. The van der Waals surface area contributed by atoms with E-state index in [1.165, 1.54) is 0 Å². The summed E-state index contributed by atoms with van der Waals surface area (Å²) >= 11 is 5.74. The van der Waals surface area contributed by atoms with Crippen molar-refractivity contribution in [2.75, 3.05) is 13.2 Å². The first-order valence-electron chi connectivity index (χ1n) is 5.84. The number of aliphatic hydroxyl groups excluding tert-OH is 2. The molecule has 5 heteroatoms. The highest BCUT2D eigenvalue weighted by Crippen LogP contribution is 2.18. The molecule has 1 amide bonds. The summed E-state index contributed by atoms with van der Waals surface area (Å²) in [6.45, 7) is 2.26. The molecule has 2 atom stereocenters. The maximum absolute atomic E-state index is 11.5. The Morgan fingerprint density at radius 2 is 2.00 bits per heavy atom. The number of benzene rings is 1. The molecule has 0 aliphatic rings. The van der Waals surface area contributed by atoms with Gasteiger partial charge in [-0.3, -0.25) is 4.79 Å². The van der Waals surface area contributed by atoms with E-state index in [0.29, 0.717) is 17.1 Å². The Kier molecular flexibility index (Phi) is 6.12. The summed E-state index contributed by atoms with van der Waals surface area (Å²) < 4.78 is 0. The predicted molar refractivity (Wildman–Crippen MR) is 70.3 cm³/mol. The van der Waals surface area contributed by atoms with E-state index in [0.717, 1.165) is 0 Å². The van der Waals surface area contributed by atoms with E-state index < -0.39 is 6.10 Å². The predicted octanol–water partition coefficient (Wildman–Crippen LogP) is 1.51. The van der Waals surface area contributed by atoms with Crippen molar-refractivity contribution in [2.24, 2.45) is 5.92 Å². The lowest BCUT2D eigenvalue weighted by Crippen LogP contribution is -2.30. The van der Waals surface area contributed by atoms with Crippen LogP contribution in [-0.2, 0) is 4.79 Å². The van der Waals surface area contributed by atoms with Crippen LogP contribution in [0.3, 0.4) is 0 Å². The highest BCUT2D eigenvalue weighted by molar-refractivity contribution is 6.30. The first-order chi connectivity index (χ1) is 8.52. The monoisotopic (exact) mass is 271 g/mol. The molecule has 0 aromatic heterocycles. The lowest BCUT2D eigenvalue weighted by Gasteiger charge is -2.13. The third-order valence-corrected chi connectivity index (χ3v) is 2.84. The van der Waals surface area contributed by atoms with E-state index in [1.807, 2.05) is 6.92 Å². The van der Waals surface area contributed by atoms with Gasteiger partial charge in [-0.15, -0.1) is 0 Å². The van der Waals surface area contributed by atoms with Crippen LogP contribution in [0.15, 0.2) is 24.3 Å². The molecule has 4 nitrogen and oxygen atoms in total. The van der Waals surface area contributed by atoms with Crippen LogP contribution in [0, 0.1) is 5.92 Å². The zero-order valence-electron chi connectivity index (χ0n) is 10.3. The van der Waals surface area contributed by atoms with Crippen molar-refractivity contribution in [2.45, 2.75) is 19.4 Å². The van der Waals surface area contributed by atoms with Crippen LogP contribution in [0.4, 0.5) is 0 Å². The summed E-state index contributed by atoms with van der Waals surface area (Å²) in [6.07, 6.45) is -0.841. The first kappa shape index (κ1) is 15.0. The van der Waals surface area contributed by atoms with Gasteiger partial charge in [-0.1, -0.05) is 30.7 Å². The van der Waals surface area contributed by atoms with E-state index in [2.05, 4.69) is 5.32 Å². The fourth-order valence-corrected chi connectivity index (χ4v) is 1.53. The maximum Gasteiger partial charge on any atom is 0.222 e. The number of amides is 1. The van der Waals surface area contributed by atoms with Crippen molar-refractivity contribution in [3.63, 3.8) is 0 Å². The smallest absolute Gasteiger partial charge is 0.222 e. The Hall–Kier alpha value is -1.10. The number of carbonyl (C=O) groups excluding carboxylic acids is 1. The molecule has 0 spiro atoms. The molecular weight excluding hydrogens is 254 g/mol. The Bertz CT molecular complexity index is 380. The first-order valence-corrected chi connectivity index (χ1v) is 6.21. The zero-order chi connectivity index (χ0) is 13.5. The second-order valence-corrected chi connectivity index (χ2v) is 4.80. The Labute approximate surface area is 112 Å². The molecule has 0 aliphatic heterocycles. The van der Waals surface area contributed by atoms with Gasteiger partial charge in [0.05, 0.1) is 12.5 Å². The highest BCUT2D eigenvalue weighted by Gasteiger charge is 2.13. The number of hydrogen-bond donors (Lipinski definition) is 3. The molecule has 0 saturated carbocycles. The molecule has 1 aromatic carbocycles. The van der Waals surface area contributed by atoms with E-state index in [1.54, 1.807) is 24.3 Å². The van der Waals surface area contributed by atoms with Crippen LogP contribution >= 0.6 is 11.6 Å². The van der Waals surface area contributed by atoms with Gasteiger partial charge in [0.1, 0.15) is 0 Å². The zero-order valence-corrected chi connectivity index (χ0v) is 11.0. The normalized spacial score (nSPS) is 14.0. The summed E-state index contributed by atoms with van der Waals surface area (Å²) in [7, 11) is 0. The molecule has 0 aliphatic carbocycles. The van der Waals surface area contributed by atoms with Crippen molar-refractivity contribution in [1.82, 2.24) is 5.32 Å². The molecule has 1 aromatic rings. The van der Waals surface area contributed by atoms with E-state index in [4.69, 9.17) is 16.7 Å². The third kappa shape index (κ3) is 5.04. The van der Waals surface area contributed by atoms with Gasteiger partial charge in [0.25, 0.3) is 0 Å². The van der Waals surface area contributed by atoms with Crippen molar-refractivity contribution < 1.29 is 15.0 Å². The van der Waals surface area contributed by atoms with E-state index >= 15 is 0 Å². The number of carbonyl (C=O) groups is 1. The molecule has 0 saturated heterocycles. The van der Waals surface area contributed by atoms with Crippen LogP contribution in [0.1, 0.15) is 25.0 Å². The second-order valence-electron chi connectivity index (χ2n) is 4.36. The number of halogens is 1. The topological polar surface area (TPSA) is 69.6 Å². The lowest BCUT2D eigenvalue weighted by atomic mass is 10.1. The van der Waals surface area contributed by atoms with Gasteiger partial charge in [-0.05, 0) is 23.6 Å². The number of hydrogen-bond acceptors (Lipinski definition) is 3. The minimum atomic E-state index is -0.841. The van der Waals surface area contributed by atoms with Gasteiger partial charge in [0.2, 0.25) is 5.91 Å². The number of aliphatic hydroxyl groups is 2. The molecular formula is C13H18ClNO3. The van der Waals surface area contributed by atoms with Crippen molar-refractivity contribution in [1.29, 1.82) is 0 Å². The second kappa shape index (κ2) is 7.36. The quantitative estimate of drug-likeness (QED) is 0.735. The molecule has 0 bridgehead atoms. The lowest BCUT2D eigenvalue weighted by molar-refractivity contribution is -0.123. The summed E-state index contributed by atoms with van der Waals surface area (Å²) in [5.74, 6) is -0.223. The van der Waals surface area contributed by atoms with Crippen LogP contribution in [-0.4, -0.2) is 29.3 Å². The van der Waals surface area contributed by atoms with E-state index in [9.17, 15) is 9.90 Å². The Morgan fingerprint density at radius 3 is 2.56 bits per heavy atom. The highest BCUT2D eigenvalue weighted by atomic mass is 35.5. The van der Waals surface area contributed by atoms with Gasteiger partial charge < -0.3 is 15.5 Å². The van der Waals surface area contributed by atoms with Crippen molar-refractivity contribution in [3.05, 3.63) is 34.9 Å².